The first-order valence-electron chi connectivity index (χ1n) is 10.9. The quantitative estimate of drug-likeness (QED) is 0.396. The molecule has 170 valence electrons. The number of carboxylic acids is 1. The molecule has 3 N–H and O–H groups in total. The normalized spacial score (nSPS) is 16.6. The van der Waals surface area contributed by atoms with Gasteiger partial charge in [-0.25, -0.2) is 4.79 Å². The molecule has 3 aromatic rings. The number of benzene rings is 3. The molecule has 0 unspecified atom stereocenters. The average molecular weight is 454 g/mol. The van der Waals surface area contributed by atoms with Gasteiger partial charge in [0, 0.05) is 0 Å². The lowest BCUT2D eigenvalue weighted by atomic mass is 9.95. The molecule has 1 amide bonds. The number of carbonyl (C=O) groups is 2. The fraction of sp³-hybridized carbons (Fsp3) is 0.154. The third kappa shape index (κ3) is 3.79. The number of hydrogen-bond acceptors (Lipinski definition) is 6. The fourth-order valence-corrected chi connectivity index (χ4v) is 4.45. The van der Waals surface area contributed by atoms with Crippen molar-refractivity contribution in [3.05, 3.63) is 89.0 Å². The molecule has 0 atom stereocenters. The van der Waals surface area contributed by atoms with Crippen molar-refractivity contribution in [2.24, 2.45) is 10.2 Å². The molecule has 1 aliphatic carbocycles. The van der Waals surface area contributed by atoms with E-state index in [1.165, 1.54) is 23.3 Å². The number of anilines is 2. The van der Waals surface area contributed by atoms with E-state index in [0.29, 0.717) is 17.1 Å². The van der Waals surface area contributed by atoms with Crippen LogP contribution in [0, 0.1) is 0 Å². The van der Waals surface area contributed by atoms with Gasteiger partial charge in [-0.15, -0.1) is 0 Å². The van der Waals surface area contributed by atoms with Crippen molar-refractivity contribution in [3.63, 3.8) is 0 Å². The molecule has 3 aromatic carbocycles. The highest BCUT2D eigenvalue weighted by Gasteiger charge is 2.31. The van der Waals surface area contributed by atoms with Crippen molar-refractivity contribution in [1.29, 1.82) is 0 Å². The van der Waals surface area contributed by atoms with Gasteiger partial charge in [-0.05, 0) is 66.6 Å². The van der Waals surface area contributed by atoms with Gasteiger partial charge < -0.3 is 10.2 Å². The summed E-state index contributed by atoms with van der Waals surface area (Å²) < 4.78 is 0. The largest absolute Gasteiger partial charge is 0.505 e. The summed E-state index contributed by atoms with van der Waals surface area (Å²) in [5.74, 6) is -1.31. The number of para-hydroxylation sites is 1. The minimum atomic E-state index is -1.09. The van der Waals surface area contributed by atoms with Crippen molar-refractivity contribution >= 4 is 34.7 Å². The maximum Gasteiger partial charge on any atom is 0.335 e. The number of aromatic hydroxyl groups is 1. The van der Waals surface area contributed by atoms with E-state index in [1.807, 2.05) is 24.3 Å². The predicted molar refractivity (Wildman–Crippen MR) is 130 cm³/mol. The molecule has 0 spiro atoms. The number of phenolic OH excluding ortho intramolecular Hbond substituents is 1. The van der Waals surface area contributed by atoms with E-state index >= 15 is 0 Å². The van der Waals surface area contributed by atoms with Crippen LogP contribution in [0.3, 0.4) is 0 Å². The first-order valence-corrected chi connectivity index (χ1v) is 10.9. The fourth-order valence-electron chi connectivity index (χ4n) is 4.45. The Morgan fingerprint density at radius 1 is 1.06 bits per heavy atom. The number of hydrazone groups is 2. The molecule has 0 fully saturated rings. The second-order valence-corrected chi connectivity index (χ2v) is 8.35. The number of carboxylic acid groups (broad SMARTS) is 1. The van der Waals surface area contributed by atoms with E-state index < -0.39 is 11.9 Å². The zero-order chi connectivity index (χ0) is 23.8. The topological polar surface area (TPSA) is 115 Å². The van der Waals surface area contributed by atoms with Crippen molar-refractivity contribution in [2.75, 3.05) is 10.4 Å². The molecule has 8 nitrogen and oxygen atoms in total. The van der Waals surface area contributed by atoms with Gasteiger partial charge in [0.25, 0.3) is 0 Å². The standard InChI is InChI=1S/C26H22N4O4/c1-15-23(25(32)30(29-15)20-9-4-8-18(14-20)26(33)34)28-27-22-11-5-10-21(24(22)31)19-12-16-6-2-3-7-17(16)13-19/h2-11,14,19,27,31H,12-13H2,1H3,(H,33,34)/b28-23-. The van der Waals surface area contributed by atoms with Crippen LogP contribution in [0.25, 0.3) is 0 Å². The van der Waals surface area contributed by atoms with Crippen molar-refractivity contribution in [1.82, 2.24) is 0 Å². The first-order chi connectivity index (χ1) is 16.4. The minimum Gasteiger partial charge on any atom is -0.505 e. The van der Waals surface area contributed by atoms with Crippen LogP contribution < -0.4 is 10.4 Å². The maximum absolute atomic E-state index is 12.9. The Bertz CT molecular complexity index is 1350. The van der Waals surface area contributed by atoms with E-state index in [9.17, 15) is 19.8 Å². The number of amides is 1. The van der Waals surface area contributed by atoms with Crippen LogP contribution in [0.5, 0.6) is 5.75 Å². The number of hydrogen-bond donors (Lipinski definition) is 3. The molecular formula is C26H22N4O4. The summed E-state index contributed by atoms with van der Waals surface area (Å²) >= 11 is 0. The molecule has 5 rings (SSSR count). The zero-order valence-electron chi connectivity index (χ0n) is 18.4. The van der Waals surface area contributed by atoms with Crippen LogP contribution in [-0.2, 0) is 17.6 Å². The lowest BCUT2D eigenvalue weighted by Gasteiger charge is -2.15. The smallest absolute Gasteiger partial charge is 0.335 e. The van der Waals surface area contributed by atoms with E-state index in [4.69, 9.17) is 0 Å². The zero-order valence-corrected chi connectivity index (χ0v) is 18.4. The highest BCUT2D eigenvalue weighted by Crippen LogP contribution is 2.40. The summed E-state index contributed by atoms with van der Waals surface area (Å²) in [7, 11) is 0. The van der Waals surface area contributed by atoms with Gasteiger partial charge in [0.05, 0.1) is 22.6 Å². The molecule has 1 heterocycles. The summed E-state index contributed by atoms with van der Waals surface area (Å²) in [4.78, 5) is 24.2. The van der Waals surface area contributed by atoms with Gasteiger partial charge in [0.15, 0.2) is 5.71 Å². The summed E-state index contributed by atoms with van der Waals surface area (Å²) in [5, 5.41) is 29.7. The number of phenols is 1. The van der Waals surface area contributed by atoms with E-state index in [2.05, 4.69) is 27.8 Å². The third-order valence-electron chi connectivity index (χ3n) is 6.17. The molecule has 1 aliphatic heterocycles. The number of nitrogens with one attached hydrogen (secondary N) is 1. The number of aromatic carboxylic acids is 1. The molecule has 0 bridgehead atoms. The monoisotopic (exact) mass is 454 g/mol. The summed E-state index contributed by atoms with van der Waals surface area (Å²) in [6.45, 7) is 1.64. The van der Waals surface area contributed by atoms with Crippen LogP contribution in [-0.4, -0.2) is 33.5 Å². The Kier molecular flexibility index (Phi) is 5.33. The first kappa shape index (κ1) is 21.4. The lowest BCUT2D eigenvalue weighted by molar-refractivity contribution is -0.112. The second kappa shape index (κ2) is 8.47. The average Bonchev–Trinajstić information content (AvgIpc) is 3.39. The van der Waals surface area contributed by atoms with E-state index in [0.717, 1.165) is 23.4 Å². The Hall–Kier alpha value is -4.46. The van der Waals surface area contributed by atoms with E-state index in [-0.39, 0.29) is 22.9 Å². The van der Waals surface area contributed by atoms with Gasteiger partial charge in [0.1, 0.15) is 5.75 Å². The minimum absolute atomic E-state index is 0.0532. The van der Waals surface area contributed by atoms with Gasteiger partial charge in [0.2, 0.25) is 0 Å². The van der Waals surface area contributed by atoms with Crippen molar-refractivity contribution in [2.45, 2.75) is 25.7 Å². The van der Waals surface area contributed by atoms with Crippen molar-refractivity contribution in [3.8, 4) is 5.75 Å². The molecule has 0 saturated carbocycles. The SMILES string of the molecule is CC1=NN(c2cccc(C(=O)O)c2)C(=O)/C1=N\Nc1cccc(C2Cc3ccccc3C2)c1O. The number of carbonyl (C=O) groups excluding carboxylic acids is 1. The Labute approximate surface area is 195 Å². The van der Waals surface area contributed by atoms with E-state index in [1.54, 1.807) is 25.1 Å². The summed E-state index contributed by atoms with van der Waals surface area (Å²) in [5.41, 5.74) is 7.47. The van der Waals surface area contributed by atoms with Crippen LogP contribution in [0.2, 0.25) is 0 Å². The number of nitrogens with zero attached hydrogens (tertiary/aromatic N) is 3. The van der Waals surface area contributed by atoms with Gasteiger partial charge in [-0.3, -0.25) is 10.2 Å². The van der Waals surface area contributed by atoms with Gasteiger partial charge in [-0.1, -0.05) is 42.5 Å². The van der Waals surface area contributed by atoms with Crippen LogP contribution >= 0.6 is 0 Å². The molecule has 0 radical (unpaired) electrons. The Balaban J connectivity index is 1.36. The van der Waals surface area contributed by atoms with Crippen molar-refractivity contribution < 1.29 is 19.8 Å². The lowest BCUT2D eigenvalue weighted by Crippen LogP contribution is -2.28. The number of fused-ring (bicyclic) bond motifs is 1. The molecule has 0 saturated heterocycles. The molecule has 34 heavy (non-hydrogen) atoms. The Morgan fingerprint density at radius 3 is 2.47 bits per heavy atom. The Morgan fingerprint density at radius 2 is 1.76 bits per heavy atom. The van der Waals surface area contributed by atoms with Crippen LogP contribution in [0.15, 0.2) is 76.9 Å². The second-order valence-electron chi connectivity index (χ2n) is 8.35. The van der Waals surface area contributed by atoms with Gasteiger partial charge >= 0.3 is 11.9 Å². The maximum atomic E-state index is 12.9. The third-order valence-corrected chi connectivity index (χ3v) is 6.17. The predicted octanol–water partition coefficient (Wildman–Crippen LogP) is 4.16. The molecule has 2 aliphatic rings. The van der Waals surface area contributed by atoms with Crippen LogP contribution in [0.4, 0.5) is 11.4 Å². The molecule has 8 heteroatoms. The highest BCUT2D eigenvalue weighted by atomic mass is 16.4. The summed E-state index contributed by atoms with van der Waals surface area (Å²) in [6, 6.07) is 19.7. The molecular weight excluding hydrogens is 432 g/mol. The van der Waals surface area contributed by atoms with Crippen LogP contribution in [0.1, 0.15) is 39.9 Å². The van der Waals surface area contributed by atoms with Gasteiger partial charge in [-0.2, -0.15) is 15.2 Å². The number of rotatable bonds is 5. The summed E-state index contributed by atoms with van der Waals surface area (Å²) in [6.07, 6.45) is 1.71. The highest BCUT2D eigenvalue weighted by molar-refractivity contribution is 6.71. The molecule has 0 aromatic heterocycles.